The lowest BCUT2D eigenvalue weighted by Crippen LogP contribution is -2.46. The molecule has 3 atom stereocenters. The molecular weight excluding hydrogens is 405 g/mol. The maximum Gasteiger partial charge on any atom is 0.488 e. The van der Waals surface area contributed by atoms with E-state index < -0.39 is 10.5 Å². The molecule has 0 radical (unpaired) electrons. The van der Waals surface area contributed by atoms with Crippen LogP contribution in [0, 0.1) is 12.3 Å². The molecule has 1 aromatic carbocycles. The minimum Gasteiger partial charge on any atom is -0.358 e. The highest BCUT2D eigenvalue weighted by Gasteiger charge is 2.40. The van der Waals surface area contributed by atoms with Crippen LogP contribution in [-0.2, 0) is 15.3 Å². The van der Waals surface area contributed by atoms with E-state index in [4.69, 9.17) is 11.4 Å². The summed E-state index contributed by atoms with van der Waals surface area (Å²) < 4.78 is 39.1. The van der Waals surface area contributed by atoms with E-state index in [0.717, 1.165) is 6.42 Å². The van der Waals surface area contributed by atoms with Crippen molar-refractivity contribution in [2.24, 2.45) is 4.99 Å². The van der Waals surface area contributed by atoms with E-state index in [1.807, 2.05) is 11.9 Å². The number of carbonyl (C=O) groups excluding carboxylic acids is 1. The van der Waals surface area contributed by atoms with Crippen LogP contribution in [0.15, 0.2) is 29.3 Å². The number of carbonyl (C=O) groups is 1. The Kier molecular flexibility index (Phi) is 6.27. The molecule has 1 aromatic rings. The molecule has 1 N–H and O–H groups in total. The van der Waals surface area contributed by atoms with E-state index in [2.05, 4.69) is 15.4 Å². The first kappa shape index (κ1) is 20.6. The zero-order valence-corrected chi connectivity index (χ0v) is 16.8. The molecular formula is C18H20FN3O4S2. The molecule has 0 spiro atoms. The van der Waals surface area contributed by atoms with Gasteiger partial charge < -0.3 is 9.50 Å². The molecule has 2 aliphatic rings. The molecule has 10 heteroatoms. The van der Waals surface area contributed by atoms with Crippen molar-refractivity contribution >= 4 is 33.2 Å². The Hall–Kier alpha value is -2.09. The van der Waals surface area contributed by atoms with Gasteiger partial charge in [-0.1, -0.05) is 21.9 Å². The van der Waals surface area contributed by atoms with Gasteiger partial charge in [0.15, 0.2) is 5.75 Å². The number of terminal acetylenes is 1. The molecule has 150 valence electrons. The van der Waals surface area contributed by atoms with E-state index in [1.165, 1.54) is 17.8 Å². The van der Waals surface area contributed by atoms with Crippen molar-refractivity contribution in [1.82, 2.24) is 10.2 Å². The highest BCUT2D eigenvalue weighted by Crippen LogP contribution is 2.35. The Morgan fingerprint density at radius 1 is 1.46 bits per heavy atom. The van der Waals surface area contributed by atoms with Gasteiger partial charge in [-0.3, -0.25) is 14.7 Å². The van der Waals surface area contributed by atoms with Crippen LogP contribution in [0.2, 0.25) is 0 Å². The zero-order chi connectivity index (χ0) is 20.3. The molecule has 2 aliphatic heterocycles. The molecule has 1 saturated heterocycles. The number of likely N-dealkylation sites (N-methyl/N-ethyl adjacent to an activating group) is 1. The molecule has 0 aromatic heterocycles. The Bertz CT molecular complexity index is 929. The number of aliphatic imine (C=N–C) groups is 1. The summed E-state index contributed by atoms with van der Waals surface area (Å²) >= 11 is 1.46. The molecule has 0 aliphatic carbocycles. The maximum absolute atomic E-state index is 13.0. The van der Waals surface area contributed by atoms with Crippen LogP contribution in [0.4, 0.5) is 3.89 Å². The molecule has 0 saturated carbocycles. The summed E-state index contributed by atoms with van der Waals surface area (Å²) in [5, 5.41) is 3.31. The number of amides is 1. The van der Waals surface area contributed by atoms with Gasteiger partial charge in [0.25, 0.3) is 0 Å². The fourth-order valence-corrected chi connectivity index (χ4v) is 5.08. The van der Waals surface area contributed by atoms with Gasteiger partial charge in [-0.25, -0.2) is 0 Å². The van der Waals surface area contributed by atoms with Crippen molar-refractivity contribution < 1.29 is 21.3 Å². The van der Waals surface area contributed by atoms with E-state index >= 15 is 0 Å². The van der Waals surface area contributed by atoms with Crippen LogP contribution in [-0.4, -0.2) is 61.7 Å². The molecule has 1 amide bonds. The van der Waals surface area contributed by atoms with Crippen molar-refractivity contribution in [2.75, 3.05) is 19.3 Å². The number of benzene rings is 1. The normalized spacial score (nSPS) is 25.2. The number of halogens is 1. The van der Waals surface area contributed by atoms with Crippen molar-refractivity contribution in [3.8, 4) is 18.1 Å². The average molecular weight is 426 g/mol. The molecule has 0 bridgehead atoms. The predicted octanol–water partition coefficient (Wildman–Crippen LogP) is 1.35. The fourth-order valence-electron chi connectivity index (χ4n) is 3.56. The number of likely N-dealkylation sites (tertiary alicyclic amines) is 1. The topological polar surface area (TPSA) is 88.1 Å². The smallest absolute Gasteiger partial charge is 0.358 e. The quantitative estimate of drug-likeness (QED) is 0.547. The van der Waals surface area contributed by atoms with Crippen LogP contribution >= 0.6 is 11.8 Å². The zero-order valence-electron chi connectivity index (χ0n) is 15.2. The van der Waals surface area contributed by atoms with Crippen LogP contribution < -0.4 is 9.50 Å². The maximum atomic E-state index is 13.0. The molecule has 2 heterocycles. The van der Waals surface area contributed by atoms with E-state index in [1.54, 1.807) is 18.2 Å². The van der Waals surface area contributed by atoms with Crippen molar-refractivity contribution in [3.63, 3.8) is 0 Å². The minimum atomic E-state index is -5.12. The largest absolute Gasteiger partial charge is 0.488 e. The Labute approximate surface area is 168 Å². The number of rotatable bonds is 6. The Morgan fingerprint density at radius 2 is 2.21 bits per heavy atom. The summed E-state index contributed by atoms with van der Waals surface area (Å²) in [6.45, 7) is 0.198. The van der Waals surface area contributed by atoms with Crippen LogP contribution in [0.25, 0.3) is 0 Å². The molecule has 1 fully saturated rings. The number of para-hydroxylation sites is 1. The summed E-state index contributed by atoms with van der Waals surface area (Å²) in [7, 11) is -3.23. The molecule has 28 heavy (non-hydrogen) atoms. The molecule has 3 unspecified atom stereocenters. The molecule has 3 rings (SSSR count). The summed E-state index contributed by atoms with van der Waals surface area (Å²) in [6, 6.07) is 6.05. The van der Waals surface area contributed by atoms with Crippen molar-refractivity contribution in [2.45, 2.75) is 31.0 Å². The summed E-state index contributed by atoms with van der Waals surface area (Å²) in [4.78, 5) is 19.0. The van der Waals surface area contributed by atoms with E-state index in [9.17, 15) is 17.1 Å². The molecule has 7 nitrogen and oxygen atoms in total. The second-order valence-electron chi connectivity index (χ2n) is 6.53. The summed E-state index contributed by atoms with van der Waals surface area (Å²) in [5.74, 6) is 2.88. The van der Waals surface area contributed by atoms with Gasteiger partial charge in [0, 0.05) is 11.8 Å². The third kappa shape index (κ3) is 4.66. The third-order valence-corrected chi connectivity index (χ3v) is 6.33. The lowest BCUT2D eigenvalue weighted by atomic mass is 10.1. The predicted molar refractivity (Wildman–Crippen MR) is 106 cm³/mol. The standard InChI is InChI=1S/C18H20FN3O4S2/c1-3-10-20-17(23)15-9-8-14(22(15)2)13-11-27-18(21-13)12-6-4-5-7-16(12)26-28(19,24)25/h1,4-7,13-15H,8-11H2,2H3,(H,20,23). The second-order valence-corrected chi connectivity index (χ2v) is 8.49. The summed E-state index contributed by atoms with van der Waals surface area (Å²) in [6.07, 6.45) is 6.71. The summed E-state index contributed by atoms with van der Waals surface area (Å²) in [5.41, 5.74) is 0.431. The van der Waals surface area contributed by atoms with Gasteiger partial charge in [-0.2, -0.15) is 8.42 Å². The average Bonchev–Trinajstić information content (AvgIpc) is 3.25. The van der Waals surface area contributed by atoms with Gasteiger partial charge in [0.1, 0.15) is 5.04 Å². The number of thioether (sulfide) groups is 1. The SMILES string of the molecule is C#CCNC(=O)C1CCC(C2CSC(c3ccccc3OS(=O)(=O)F)=N2)N1C. The van der Waals surface area contributed by atoms with Crippen molar-refractivity contribution in [3.05, 3.63) is 29.8 Å². The van der Waals surface area contributed by atoms with E-state index in [0.29, 0.717) is 22.8 Å². The minimum absolute atomic E-state index is 0.0644. The third-order valence-electron chi connectivity index (χ3n) is 4.84. The van der Waals surface area contributed by atoms with Crippen molar-refractivity contribution in [1.29, 1.82) is 0 Å². The first-order valence-corrected chi connectivity index (χ1v) is 11.0. The van der Waals surface area contributed by atoms with Gasteiger partial charge >= 0.3 is 10.5 Å². The van der Waals surface area contributed by atoms with Gasteiger partial charge in [0.05, 0.1) is 24.2 Å². The number of nitrogens with one attached hydrogen (secondary N) is 1. The number of hydrogen-bond donors (Lipinski definition) is 1. The fraction of sp³-hybridized carbons (Fsp3) is 0.444. The van der Waals surface area contributed by atoms with E-state index in [-0.39, 0.29) is 36.3 Å². The number of nitrogens with zero attached hydrogens (tertiary/aromatic N) is 2. The second kappa shape index (κ2) is 8.51. The number of hydrogen-bond acceptors (Lipinski definition) is 7. The monoisotopic (exact) mass is 425 g/mol. The Balaban J connectivity index is 1.75. The lowest BCUT2D eigenvalue weighted by Gasteiger charge is -2.27. The van der Waals surface area contributed by atoms with Gasteiger partial charge in [-0.15, -0.1) is 18.2 Å². The van der Waals surface area contributed by atoms with Gasteiger partial charge in [-0.05, 0) is 32.0 Å². The lowest BCUT2D eigenvalue weighted by molar-refractivity contribution is -0.125. The first-order valence-electron chi connectivity index (χ1n) is 8.67. The highest BCUT2D eigenvalue weighted by atomic mass is 32.3. The Morgan fingerprint density at radius 3 is 2.93 bits per heavy atom. The van der Waals surface area contributed by atoms with Crippen LogP contribution in [0.1, 0.15) is 18.4 Å². The van der Waals surface area contributed by atoms with Crippen LogP contribution in [0.5, 0.6) is 5.75 Å². The highest BCUT2D eigenvalue weighted by molar-refractivity contribution is 8.14. The van der Waals surface area contributed by atoms with Gasteiger partial charge in [0.2, 0.25) is 5.91 Å². The van der Waals surface area contributed by atoms with Crippen LogP contribution in [0.3, 0.4) is 0 Å². The first-order chi connectivity index (χ1) is 13.3.